The number of ether oxygens (including phenoxy) is 4. The minimum atomic E-state index is -0.550. The molecular weight excluding hydrogens is 739 g/mol. The normalized spacial score (nSPS) is 16.7. The Hall–Kier alpha value is -5.66. The van der Waals surface area contributed by atoms with Gasteiger partial charge in [0.25, 0.3) is 5.91 Å². The van der Waals surface area contributed by atoms with Crippen LogP contribution in [-0.4, -0.2) is 48.1 Å². The molecular formula is C45H53N5O8. The first kappa shape index (κ1) is 40.5. The summed E-state index contributed by atoms with van der Waals surface area (Å²) in [6, 6.07) is 15.6. The number of nitrogens with zero attached hydrogens (tertiary/aromatic N) is 3. The molecule has 0 atom stereocenters. The SMILES string of the molecule is COc1nc(NN(C)C(=O)c2ccc(Cc3cc4c(cc3C)C(C)(C)OC4(C)C)o2)nc(OC)c1NC(=O)c1ccc(Cc2cc3c(cc2C)C(C)(C)OC3(C)C)o1. The molecule has 306 valence electrons. The second-order valence-corrected chi connectivity index (χ2v) is 17.2. The number of amides is 2. The Morgan fingerprint density at radius 1 is 0.655 bits per heavy atom. The van der Waals surface area contributed by atoms with Gasteiger partial charge in [0.05, 0.1) is 36.6 Å². The van der Waals surface area contributed by atoms with E-state index in [9.17, 15) is 9.59 Å². The highest BCUT2D eigenvalue weighted by molar-refractivity contribution is 6.03. The van der Waals surface area contributed by atoms with Gasteiger partial charge in [0.2, 0.25) is 17.7 Å². The molecule has 0 saturated carbocycles. The highest BCUT2D eigenvalue weighted by atomic mass is 16.5. The van der Waals surface area contributed by atoms with Gasteiger partial charge >= 0.3 is 5.91 Å². The highest BCUT2D eigenvalue weighted by Crippen LogP contribution is 2.49. The summed E-state index contributed by atoms with van der Waals surface area (Å²) < 4.78 is 35.8. The molecule has 2 aromatic carbocycles. The number of carbonyl (C=O) groups is 2. The van der Waals surface area contributed by atoms with E-state index in [1.54, 1.807) is 24.3 Å². The Labute approximate surface area is 339 Å². The smallest absolute Gasteiger partial charge is 0.307 e. The van der Waals surface area contributed by atoms with Gasteiger partial charge in [0.15, 0.2) is 17.2 Å². The predicted molar refractivity (Wildman–Crippen MR) is 218 cm³/mol. The molecule has 0 spiro atoms. The van der Waals surface area contributed by atoms with Crippen molar-refractivity contribution in [3.8, 4) is 11.8 Å². The van der Waals surface area contributed by atoms with Gasteiger partial charge in [0, 0.05) is 19.9 Å². The molecule has 0 bridgehead atoms. The lowest BCUT2D eigenvalue weighted by Gasteiger charge is -2.24. The van der Waals surface area contributed by atoms with Crippen LogP contribution in [0.3, 0.4) is 0 Å². The zero-order chi connectivity index (χ0) is 42.1. The van der Waals surface area contributed by atoms with Crippen LogP contribution in [0.15, 0.2) is 57.4 Å². The Morgan fingerprint density at radius 2 is 1.07 bits per heavy atom. The molecule has 2 aliphatic heterocycles. The van der Waals surface area contributed by atoms with E-state index in [4.69, 9.17) is 27.8 Å². The second-order valence-electron chi connectivity index (χ2n) is 17.2. The number of aromatic nitrogens is 2. The summed E-state index contributed by atoms with van der Waals surface area (Å²) in [7, 11) is 4.32. The summed E-state index contributed by atoms with van der Waals surface area (Å²) >= 11 is 0. The van der Waals surface area contributed by atoms with Crippen molar-refractivity contribution in [3.63, 3.8) is 0 Å². The monoisotopic (exact) mass is 791 g/mol. The third-order valence-electron chi connectivity index (χ3n) is 11.1. The van der Waals surface area contributed by atoms with Gasteiger partial charge in [-0.2, -0.15) is 9.97 Å². The number of aryl methyl sites for hydroxylation is 2. The van der Waals surface area contributed by atoms with E-state index in [1.165, 1.54) is 37.4 Å². The van der Waals surface area contributed by atoms with Crippen LogP contribution >= 0.6 is 0 Å². The summed E-state index contributed by atoms with van der Waals surface area (Å²) in [6.45, 7) is 20.8. The molecule has 0 aliphatic carbocycles. The molecule has 58 heavy (non-hydrogen) atoms. The Morgan fingerprint density at radius 3 is 1.52 bits per heavy atom. The van der Waals surface area contributed by atoms with Gasteiger partial charge in [-0.05, 0) is 138 Å². The lowest BCUT2D eigenvalue weighted by molar-refractivity contribution is -0.105. The maximum absolute atomic E-state index is 13.5. The zero-order valence-electron chi connectivity index (χ0n) is 35.6. The van der Waals surface area contributed by atoms with Crippen molar-refractivity contribution in [1.82, 2.24) is 15.0 Å². The van der Waals surface area contributed by atoms with Crippen LogP contribution in [0.5, 0.6) is 11.8 Å². The quantitative estimate of drug-likeness (QED) is 0.124. The third kappa shape index (κ3) is 7.44. The van der Waals surface area contributed by atoms with E-state index in [2.05, 4.69) is 114 Å². The lowest BCUT2D eigenvalue weighted by Crippen LogP contribution is -2.33. The van der Waals surface area contributed by atoms with Gasteiger partial charge in [-0.3, -0.25) is 20.0 Å². The number of nitrogens with one attached hydrogen (secondary N) is 2. The van der Waals surface area contributed by atoms with Crippen molar-refractivity contribution in [2.45, 2.75) is 104 Å². The molecule has 7 rings (SSSR count). The number of fused-ring (bicyclic) bond motifs is 2. The number of carbonyl (C=O) groups excluding carboxylic acids is 2. The largest absolute Gasteiger partial charge is 0.479 e. The van der Waals surface area contributed by atoms with E-state index in [0.29, 0.717) is 24.4 Å². The van der Waals surface area contributed by atoms with Crippen LogP contribution in [-0.2, 0) is 44.7 Å². The second kappa shape index (κ2) is 14.3. The van der Waals surface area contributed by atoms with Gasteiger partial charge in [-0.1, -0.05) is 24.3 Å². The summed E-state index contributed by atoms with van der Waals surface area (Å²) in [5.74, 6) is 0.444. The van der Waals surface area contributed by atoms with Crippen molar-refractivity contribution < 1.29 is 37.4 Å². The molecule has 0 radical (unpaired) electrons. The van der Waals surface area contributed by atoms with Crippen LogP contribution in [0, 0.1) is 13.8 Å². The number of benzene rings is 2. The zero-order valence-corrected chi connectivity index (χ0v) is 35.6. The number of hydrogen-bond donors (Lipinski definition) is 2. The average Bonchev–Trinajstić information content (AvgIpc) is 3.88. The minimum absolute atomic E-state index is 0.00109. The van der Waals surface area contributed by atoms with Gasteiger partial charge in [-0.25, -0.2) is 0 Å². The molecule has 13 nitrogen and oxygen atoms in total. The van der Waals surface area contributed by atoms with Crippen molar-refractivity contribution in [2.75, 3.05) is 32.0 Å². The summed E-state index contributed by atoms with van der Waals surface area (Å²) in [5, 5.41) is 3.96. The number of anilines is 2. The summed E-state index contributed by atoms with van der Waals surface area (Å²) in [6.07, 6.45) is 0.997. The fourth-order valence-corrected chi connectivity index (χ4v) is 8.35. The molecule has 3 aromatic heterocycles. The van der Waals surface area contributed by atoms with E-state index < -0.39 is 23.0 Å². The standard InChI is InChI=1S/C45H53N5O8/c1-24-18-30-32(44(7,8)57-42(30,3)4)22-26(24)20-28-14-16-34(55-28)37(51)46-36-38(53-12)47-41(48-39(36)54-13)49-50(11)40(52)35-17-15-29(56-35)21-27-23-33-31(19-25(27)2)43(5,6)58-45(33,9)10/h14-19,22-23H,20-21H2,1-13H3,(H,46,51)(H,47,48,49). The maximum atomic E-state index is 13.5. The molecule has 0 saturated heterocycles. The Balaban J connectivity index is 1.02. The molecule has 5 aromatic rings. The van der Waals surface area contributed by atoms with Crippen LogP contribution in [0.25, 0.3) is 0 Å². The van der Waals surface area contributed by atoms with Crippen LogP contribution in [0.1, 0.15) is 133 Å². The third-order valence-corrected chi connectivity index (χ3v) is 11.1. The van der Waals surface area contributed by atoms with E-state index in [0.717, 1.165) is 33.4 Å². The Kier molecular flexibility index (Phi) is 10.0. The fourth-order valence-electron chi connectivity index (χ4n) is 8.35. The summed E-state index contributed by atoms with van der Waals surface area (Å²) in [5.41, 5.74) is 10.4. The molecule has 2 aliphatic rings. The average molecular weight is 792 g/mol. The lowest BCUT2D eigenvalue weighted by atomic mass is 9.86. The number of methoxy groups -OCH3 is 2. The van der Waals surface area contributed by atoms with Crippen molar-refractivity contribution in [1.29, 1.82) is 0 Å². The predicted octanol–water partition coefficient (Wildman–Crippen LogP) is 8.83. The van der Waals surface area contributed by atoms with E-state index in [-0.39, 0.29) is 46.1 Å². The molecule has 5 heterocycles. The first-order valence-electron chi connectivity index (χ1n) is 19.3. The van der Waals surface area contributed by atoms with Gasteiger partial charge in [-0.15, -0.1) is 0 Å². The summed E-state index contributed by atoms with van der Waals surface area (Å²) in [4.78, 5) is 35.7. The van der Waals surface area contributed by atoms with Gasteiger partial charge < -0.3 is 33.1 Å². The molecule has 13 heteroatoms. The van der Waals surface area contributed by atoms with Gasteiger partial charge in [0.1, 0.15) is 11.5 Å². The number of hydrogen-bond acceptors (Lipinski definition) is 11. The maximum Gasteiger partial charge on any atom is 0.307 e. The molecule has 0 unspecified atom stereocenters. The first-order chi connectivity index (χ1) is 27.1. The van der Waals surface area contributed by atoms with E-state index >= 15 is 0 Å². The highest BCUT2D eigenvalue weighted by Gasteiger charge is 2.44. The molecule has 0 fully saturated rings. The number of furan rings is 2. The molecule has 2 N–H and O–H groups in total. The van der Waals surface area contributed by atoms with Crippen LogP contribution < -0.4 is 20.2 Å². The number of rotatable bonds is 11. The topological polar surface area (TPSA) is 150 Å². The van der Waals surface area contributed by atoms with E-state index in [1.807, 2.05) is 0 Å². The fraction of sp³-hybridized carbons (Fsp3) is 0.422. The molecule has 2 amide bonds. The van der Waals surface area contributed by atoms with Crippen LogP contribution in [0.2, 0.25) is 0 Å². The van der Waals surface area contributed by atoms with Crippen molar-refractivity contribution in [2.24, 2.45) is 0 Å². The van der Waals surface area contributed by atoms with Crippen LogP contribution in [0.4, 0.5) is 11.6 Å². The number of hydrazine groups is 1. The van der Waals surface area contributed by atoms with Crippen molar-refractivity contribution in [3.05, 3.63) is 116 Å². The van der Waals surface area contributed by atoms with Crippen molar-refractivity contribution >= 4 is 23.5 Å². The Bertz CT molecular complexity index is 2410. The minimum Gasteiger partial charge on any atom is -0.479 e. The first-order valence-corrected chi connectivity index (χ1v) is 19.3.